The average molecular weight is 239 g/mol. The number of carbonyl (C=O) groups is 1. The van der Waals surface area contributed by atoms with Gasteiger partial charge in [-0.25, -0.2) is 9.78 Å². The molecule has 0 aliphatic rings. The van der Waals surface area contributed by atoms with Crippen molar-refractivity contribution in [2.24, 2.45) is 0 Å². The van der Waals surface area contributed by atoms with E-state index in [1.165, 1.54) is 4.90 Å². The molecule has 96 valence electrons. The normalized spacial score (nSPS) is 10.3. The van der Waals surface area contributed by atoms with Gasteiger partial charge in [-0.3, -0.25) is 0 Å². The summed E-state index contributed by atoms with van der Waals surface area (Å²) >= 11 is 0. The van der Waals surface area contributed by atoms with Crippen LogP contribution in [0.15, 0.2) is 12.5 Å². The van der Waals surface area contributed by atoms with Gasteiger partial charge in [0, 0.05) is 46.5 Å². The van der Waals surface area contributed by atoms with Crippen LogP contribution < -0.4 is 10.6 Å². The van der Waals surface area contributed by atoms with Crippen LogP contribution in [0.25, 0.3) is 0 Å². The first kappa shape index (κ1) is 13.5. The van der Waals surface area contributed by atoms with E-state index in [-0.39, 0.29) is 6.03 Å². The van der Waals surface area contributed by atoms with Crippen LogP contribution in [-0.4, -0.2) is 47.7 Å². The summed E-state index contributed by atoms with van der Waals surface area (Å²) in [6.07, 6.45) is 3.68. The van der Waals surface area contributed by atoms with Crippen molar-refractivity contribution in [2.45, 2.75) is 20.0 Å². The summed E-state index contributed by atoms with van der Waals surface area (Å²) in [6, 6.07) is -0.0644. The van der Waals surface area contributed by atoms with Gasteiger partial charge in [-0.05, 0) is 6.92 Å². The minimum Gasteiger partial charge on any atom is -0.337 e. The van der Waals surface area contributed by atoms with Crippen LogP contribution >= 0.6 is 0 Å². The van der Waals surface area contributed by atoms with Crippen LogP contribution in [0.1, 0.15) is 12.6 Å². The molecular formula is C11H21N5O. The Balaban J connectivity index is 2.14. The molecule has 0 radical (unpaired) electrons. The third-order valence-electron chi connectivity index (χ3n) is 2.43. The van der Waals surface area contributed by atoms with Gasteiger partial charge in [-0.2, -0.15) is 0 Å². The van der Waals surface area contributed by atoms with Crippen molar-refractivity contribution in [2.75, 3.05) is 27.2 Å². The maximum Gasteiger partial charge on any atom is 0.316 e. The van der Waals surface area contributed by atoms with Crippen molar-refractivity contribution in [3.8, 4) is 0 Å². The fourth-order valence-electron chi connectivity index (χ4n) is 1.41. The smallest absolute Gasteiger partial charge is 0.316 e. The second kappa shape index (κ2) is 6.90. The highest BCUT2D eigenvalue weighted by Crippen LogP contribution is 1.97. The van der Waals surface area contributed by atoms with Crippen LogP contribution in [0.3, 0.4) is 0 Å². The summed E-state index contributed by atoms with van der Waals surface area (Å²) in [7, 11) is 3.45. The minimum atomic E-state index is -0.0644. The molecule has 2 N–H and O–H groups in total. The molecule has 6 nitrogen and oxygen atoms in total. The number of aryl methyl sites for hydroxylation is 1. The third kappa shape index (κ3) is 4.44. The van der Waals surface area contributed by atoms with E-state index in [1.54, 1.807) is 14.1 Å². The molecule has 1 rings (SSSR count). The van der Waals surface area contributed by atoms with E-state index in [2.05, 4.69) is 27.1 Å². The standard InChI is InChI=1S/C11H21N5O/c1-4-16-9-13-8-10(16)7-12-5-6-14-11(17)15(2)3/h8-9,12H,4-7H2,1-3H3,(H,14,17). The predicted molar refractivity (Wildman–Crippen MR) is 66.7 cm³/mol. The molecule has 0 unspecified atom stereocenters. The van der Waals surface area contributed by atoms with Crippen molar-refractivity contribution >= 4 is 6.03 Å². The van der Waals surface area contributed by atoms with E-state index >= 15 is 0 Å². The zero-order chi connectivity index (χ0) is 12.7. The number of hydrogen-bond acceptors (Lipinski definition) is 3. The second-order valence-electron chi connectivity index (χ2n) is 3.97. The van der Waals surface area contributed by atoms with Gasteiger partial charge in [0.1, 0.15) is 0 Å². The summed E-state index contributed by atoms with van der Waals surface area (Å²) in [6.45, 7) is 5.15. The van der Waals surface area contributed by atoms with E-state index < -0.39 is 0 Å². The number of urea groups is 1. The summed E-state index contributed by atoms with van der Waals surface area (Å²) < 4.78 is 2.09. The van der Waals surface area contributed by atoms with Crippen LogP contribution in [0.2, 0.25) is 0 Å². The molecule has 1 heterocycles. The Morgan fingerprint density at radius 2 is 2.24 bits per heavy atom. The summed E-state index contributed by atoms with van der Waals surface area (Å²) in [4.78, 5) is 16.8. The van der Waals surface area contributed by atoms with Crippen LogP contribution in [-0.2, 0) is 13.1 Å². The molecular weight excluding hydrogens is 218 g/mol. The van der Waals surface area contributed by atoms with Crippen molar-refractivity contribution in [1.82, 2.24) is 25.1 Å². The Labute approximate surface area is 102 Å². The first-order valence-corrected chi connectivity index (χ1v) is 5.80. The number of nitrogens with one attached hydrogen (secondary N) is 2. The number of carbonyl (C=O) groups excluding carboxylic acids is 1. The van der Waals surface area contributed by atoms with E-state index in [9.17, 15) is 4.79 Å². The lowest BCUT2D eigenvalue weighted by Crippen LogP contribution is -2.38. The fourth-order valence-corrected chi connectivity index (χ4v) is 1.41. The molecule has 0 aliphatic carbocycles. The Kier molecular flexibility index (Phi) is 5.48. The molecule has 0 saturated heterocycles. The molecule has 0 bridgehead atoms. The Hall–Kier alpha value is -1.56. The van der Waals surface area contributed by atoms with Crippen molar-refractivity contribution in [3.63, 3.8) is 0 Å². The second-order valence-corrected chi connectivity index (χ2v) is 3.97. The number of hydrogen-bond donors (Lipinski definition) is 2. The number of amides is 2. The van der Waals surface area contributed by atoms with Gasteiger partial charge < -0.3 is 20.1 Å². The monoisotopic (exact) mass is 239 g/mol. The molecule has 0 atom stereocenters. The lowest BCUT2D eigenvalue weighted by Gasteiger charge is -2.12. The Morgan fingerprint density at radius 3 is 2.88 bits per heavy atom. The van der Waals surface area contributed by atoms with E-state index in [0.717, 1.165) is 25.3 Å². The van der Waals surface area contributed by atoms with Crippen molar-refractivity contribution in [1.29, 1.82) is 0 Å². The van der Waals surface area contributed by atoms with Gasteiger partial charge in [0.25, 0.3) is 0 Å². The minimum absolute atomic E-state index is 0.0644. The van der Waals surface area contributed by atoms with Crippen LogP contribution in [0, 0.1) is 0 Å². The summed E-state index contributed by atoms with van der Waals surface area (Å²) in [5.74, 6) is 0. The van der Waals surface area contributed by atoms with Gasteiger partial charge >= 0.3 is 6.03 Å². The molecule has 1 aromatic heterocycles. The molecule has 17 heavy (non-hydrogen) atoms. The van der Waals surface area contributed by atoms with Gasteiger partial charge in [0.2, 0.25) is 0 Å². The first-order valence-electron chi connectivity index (χ1n) is 5.80. The van der Waals surface area contributed by atoms with E-state index in [4.69, 9.17) is 0 Å². The summed E-state index contributed by atoms with van der Waals surface area (Å²) in [5.41, 5.74) is 1.16. The first-order chi connectivity index (χ1) is 8.15. The topological polar surface area (TPSA) is 62.2 Å². The number of aromatic nitrogens is 2. The van der Waals surface area contributed by atoms with Crippen LogP contribution in [0.4, 0.5) is 4.79 Å². The SMILES string of the molecule is CCn1cncc1CNCCNC(=O)N(C)C. The molecule has 2 amide bonds. The maximum absolute atomic E-state index is 11.2. The Bertz CT molecular complexity index is 347. The predicted octanol–water partition coefficient (Wildman–Crippen LogP) is 0.264. The molecule has 6 heteroatoms. The lowest BCUT2D eigenvalue weighted by atomic mass is 10.4. The lowest BCUT2D eigenvalue weighted by molar-refractivity contribution is 0.217. The largest absolute Gasteiger partial charge is 0.337 e. The highest BCUT2D eigenvalue weighted by atomic mass is 16.2. The number of nitrogens with zero attached hydrogens (tertiary/aromatic N) is 3. The molecule has 0 aromatic carbocycles. The van der Waals surface area contributed by atoms with Gasteiger partial charge in [-0.1, -0.05) is 0 Å². The quantitative estimate of drug-likeness (QED) is 0.700. The molecule has 0 aliphatic heterocycles. The highest BCUT2D eigenvalue weighted by molar-refractivity contribution is 5.73. The van der Waals surface area contributed by atoms with Gasteiger partial charge in [0.15, 0.2) is 0 Å². The fraction of sp³-hybridized carbons (Fsp3) is 0.636. The third-order valence-corrected chi connectivity index (χ3v) is 2.43. The maximum atomic E-state index is 11.2. The van der Waals surface area contributed by atoms with Crippen molar-refractivity contribution < 1.29 is 4.79 Å². The molecule has 0 spiro atoms. The van der Waals surface area contributed by atoms with E-state index in [1.807, 2.05) is 12.5 Å². The molecule has 1 aromatic rings. The number of imidazole rings is 1. The Morgan fingerprint density at radius 1 is 1.47 bits per heavy atom. The average Bonchev–Trinajstić information content (AvgIpc) is 2.75. The van der Waals surface area contributed by atoms with Crippen molar-refractivity contribution in [3.05, 3.63) is 18.2 Å². The van der Waals surface area contributed by atoms with E-state index in [0.29, 0.717) is 6.54 Å². The van der Waals surface area contributed by atoms with Gasteiger partial charge in [-0.15, -0.1) is 0 Å². The zero-order valence-corrected chi connectivity index (χ0v) is 10.7. The van der Waals surface area contributed by atoms with Crippen LogP contribution in [0.5, 0.6) is 0 Å². The summed E-state index contributed by atoms with van der Waals surface area (Å²) in [5, 5.41) is 6.06. The number of rotatable bonds is 6. The molecule has 0 fully saturated rings. The highest BCUT2D eigenvalue weighted by Gasteiger charge is 2.01. The molecule has 0 saturated carbocycles. The zero-order valence-electron chi connectivity index (χ0n) is 10.7. The van der Waals surface area contributed by atoms with Gasteiger partial charge in [0.05, 0.1) is 12.0 Å².